The maximum Gasteiger partial charge on any atom is 0.217 e. The number of carbonyl (C=O) groups excluding carboxylic acids is 1. The highest BCUT2D eigenvalue weighted by atomic mass is 16.7. The average Bonchev–Trinajstić information content (AvgIpc) is 2.58. The summed E-state index contributed by atoms with van der Waals surface area (Å²) in [6.45, 7) is 0.969. The summed E-state index contributed by atoms with van der Waals surface area (Å²) in [6.07, 6.45) is -4.65. The van der Waals surface area contributed by atoms with E-state index in [1.807, 2.05) is 12.1 Å². The van der Waals surface area contributed by atoms with Gasteiger partial charge < -0.3 is 34.8 Å². The van der Waals surface area contributed by atoms with Crippen LogP contribution in [0.3, 0.4) is 0 Å². The molecule has 2 rings (SSSR count). The zero-order chi connectivity index (χ0) is 17.7. The van der Waals surface area contributed by atoms with Crippen LogP contribution in [0.1, 0.15) is 12.5 Å². The lowest BCUT2D eigenvalue weighted by Crippen LogP contribution is -2.64. The Balaban J connectivity index is 2.06. The standard InChI is InChI=1S/C16H23NO7/c1-9(19)17-13-15(21)14(20)12(7-18)24-16(13)23-8-10-3-5-11(22-2)6-4-10/h3-6,12-16,18,20-21H,7-8H2,1-2H3,(H,17,19)/t12-,13-,14+,15-,16+/m0/s1. The number of nitrogens with one attached hydrogen (secondary N) is 1. The fraction of sp³-hybridized carbons (Fsp3) is 0.562. The summed E-state index contributed by atoms with van der Waals surface area (Å²) < 4.78 is 16.2. The van der Waals surface area contributed by atoms with Crippen molar-refractivity contribution in [2.24, 2.45) is 0 Å². The number of ether oxygens (including phenoxy) is 3. The number of carbonyl (C=O) groups is 1. The smallest absolute Gasteiger partial charge is 0.217 e. The Morgan fingerprint density at radius 3 is 2.46 bits per heavy atom. The van der Waals surface area contributed by atoms with Gasteiger partial charge in [0.25, 0.3) is 0 Å². The number of aliphatic hydroxyl groups excluding tert-OH is 3. The van der Waals surface area contributed by atoms with E-state index in [2.05, 4.69) is 5.32 Å². The molecule has 1 aliphatic heterocycles. The Morgan fingerprint density at radius 1 is 1.25 bits per heavy atom. The van der Waals surface area contributed by atoms with Crippen molar-refractivity contribution in [2.45, 2.75) is 44.2 Å². The summed E-state index contributed by atoms with van der Waals surface area (Å²) >= 11 is 0. The van der Waals surface area contributed by atoms with Crippen molar-refractivity contribution >= 4 is 5.91 Å². The lowest BCUT2D eigenvalue weighted by Gasteiger charge is -2.42. The highest BCUT2D eigenvalue weighted by Gasteiger charge is 2.45. The monoisotopic (exact) mass is 341 g/mol. The topological polar surface area (TPSA) is 117 Å². The van der Waals surface area contributed by atoms with Crippen molar-refractivity contribution in [1.82, 2.24) is 5.32 Å². The zero-order valence-electron chi connectivity index (χ0n) is 13.6. The molecule has 5 atom stereocenters. The van der Waals surface area contributed by atoms with Gasteiger partial charge in [-0.3, -0.25) is 4.79 Å². The van der Waals surface area contributed by atoms with Crippen molar-refractivity contribution in [3.8, 4) is 5.75 Å². The maximum absolute atomic E-state index is 11.3. The largest absolute Gasteiger partial charge is 0.497 e. The third kappa shape index (κ3) is 4.43. The minimum absolute atomic E-state index is 0.158. The summed E-state index contributed by atoms with van der Waals surface area (Å²) in [5, 5.41) is 31.9. The lowest BCUT2D eigenvalue weighted by molar-refractivity contribution is -0.273. The van der Waals surface area contributed by atoms with Gasteiger partial charge in [0.2, 0.25) is 5.91 Å². The molecule has 0 radical (unpaired) electrons. The molecule has 8 heteroatoms. The van der Waals surface area contributed by atoms with Gasteiger partial charge in [0.15, 0.2) is 6.29 Å². The third-order valence-electron chi connectivity index (χ3n) is 3.82. The first-order valence-corrected chi connectivity index (χ1v) is 7.60. The normalized spacial score (nSPS) is 30.0. The minimum Gasteiger partial charge on any atom is -0.497 e. The number of methoxy groups -OCH3 is 1. The van der Waals surface area contributed by atoms with Crippen LogP contribution in [0.15, 0.2) is 24.3 Å². The van der Waals surface area contributed by atoms with Gasteiger partial charge in [0.1, 0.15) is 30.1 Å². The van der Waals surface area contributed by atoms with Crippen LogP contribution in [-0.4, -0.2) is 65.6 Å². The minimum atomic E-state index is -1.33. The summed E-state index contributed by atoms with van der Waals surface area (Å²) in [5.41, 5.74) is 0.835. The molecule has 1 saturated heterocycles. The van der Waals surface area contributed by atoms with Gasteiger partial charge in [0.05, 0.1) is 20.3 Å². The van der Waals surface area contributed by atoms with Crippen molar-refractivity contribution in [2.75, 3.05) is 13.7 Å². The molecule has 1 aromatic carbocycles. The van der Waals surface area contributed by atoms with Gasteiger partial charge in [-0.05, 0) is 17.7 Å². The Kier molecular flexibility index (Phi) is 6.52. The van der Waals surface area contributed by atoms with Crippen LogP contribution >= 0.6 is 0 Å². The third-order valence-corrected chi connectivity index (χ3v) is 3.82. The van der Waals surface area contributed by atoms with Crippen LogP contribution in [-0.2, 0) is 20.9 Å². The average molecular weight is 341 g/mol. The molecular formula is C16H23NO7. The fourth-order valence-corrected chi connectivity index (χ4v) is 2.51. The Hall–Kier alpha value is -1.71. The van der Waals surface area contributed by atoms with E-state index in [1.54, 1.807) is 19.2 Å². The summed E-state index contributed by atoms with van der Waals surface area (Å²) in [5.74, 6) is 0.318. The Morgan fingerprint density at radius 2 is 1.92 bits per heavy atom. The predicted octanol–water partition coefficient (Wildman–Crippen LogP) is -0.844. The molecule has 1 heterocycles. The van der Waals surface area contributed by atoms with Gasteiger partial charge in [-0.15, -0.1) is 0 Å². The van der Waals surface area contributed by atoms with Gasteiger partial charge in [0, 0.05) is 6.92 Å². The number of hydrogen-bond donors (Lipinski definition) is 4. The highest BCUT2D eigenvalue weighted by Crippen LogP contribution is 2.23. The first-order valence-electron chi connectivity index (χ1n) is 7.60. The molecule has 4 N–H and O–H groups in total. The van der Waals surface area contributed by atoms with Crippen LogP contribution in [0, 0.1) is 0 Å². The zero-order valence-corrected chi connectivity index (χ0v) is 13.6. The summed E-state index contributed by atoms with van der Waals surface area (Å²) in [4.78, 5) is 11.3. The highest BCUT2D eigenvalue weighted by molar-refractivity contribution is 5.73. The second-order valence-electron chi connectivity index (χ2n) is 5.59. The second kappa shape index (κ2) is 8.41. The van der Waals surface area contributed by atoms with E-state index in [1.165, 1.54) is 6.92 Å². The molecule has 1 amide bonds. The Bertz CT molecular complexity index is 536. The van der Waals surface area contributed by atoms with Crippen molar-refractivity contribution in [3.05, 3.63) is 29.8 Å². The number of aliphatic hydroxyl groups is 3. The molecule has 0 spiro atoms. The van der Waals surface area contributed by atoms with Crippen LogP contribution in [0.25, 0.3) is 0 Å². The van der Waals surface area contributed by atoms with Crippen LogP contribution in [0.5, 0.6) is 5.75 Å². The van der Waals surface area contributed by atoms with E-state index in [0.29, 0.717) is 5.75 Å². The molecule has 1 fully saturated rings. The van der Waals surface area contributed by atoms with Crippen molar-refractivity contribution in [3.63, 3.8) is 0 Å². The van der Waals surface area contributed by atoms with Gasteiger partial charge in [-0.2, -0.15) is 0 Å². The molecular weight excluding hydrogens is 318 g/mol. The molecule has 8 nitrogen and oxygen atoms in total. The van der Waals surface area contributed by atoms with E-state index in [-0.39, 0.29) is 6.61 Å². The maximum atomic E-state index is 11.3. The van der Waals surface area contributed by atoms with E-state index in [9.17, 15) is 20.1 Å². The number of benzene rings is 1. The SMILES string of the molecule is COc1ccc(CO[C@@H]2O[C@@H](CO)[C@@H](O)[C@@H](O)[C@@H]2NC(C)=O)cc1. The number of rotatable bonds is 6. The van der Waals surface area contributed by atoms with Gasteiger partial charge >= 0.3 is 0 Å². The first-order chi connectivity index (χ1) is 11.5. The fourth-order valence-electron chi connectivity index (χ4n) is 2.51. The molecule has 0 aromatic heterocycles. The van der Waals surface area contributed by atoms with Crippen LogP contribution in [0.4, 0.5) is 0 Å². The van der Waals surface area contributed by atoms with Crippen LogP contribution < -0.4 is 10.1 Å². The first kappa shape index (κ1) is 18.6. The number of amides is 1. The summed E-state index contributed by atoms with van der Waals surface area (Å²) in [6, 6.07) is 6.23. The molecule has 134 valence electrons. The number of hydrogen-bond acceptors (Lipinski definition) is 7. The second-order valence-corrected chi connectivity index (χ2v) is 5.59. The van der Waals surface area contributed by atoms with Crippen molar-refractivity contribution < 1.29 is 34.3 Å². The van der Waals surface area contributed by atoms with E-state index >= 15 is 0 Å². The molecule has 0 saturated carbocycles. The molecule has 0 unspecified atom stereocenters. The van der Waals surface area contributed by atoms with Crippen LogP contribution in [0.2, 0.25) is 0 Å². The molecule has 0 aliphatic carbocycles. The van der Waals surface area contributed by atoms with Gasteiger partial charge in [-0.25, -0.2) is 0 Å². The van der Waals surface area contributed by atoms with E-state index in [4.69, 9.17) is 14.2 Å². The van der Waals surface area contributed by atoms with E-state index < -0.39 is 43.2 Å². The van der Waals surface area contributed by atoms with Gasteiger partial charge in [-0.1, -0.05) is 12.1 Å². The molecule has 1 aliphatic rings. The van der Waals surface area contributed by atoms with Crippen molar-refractivity contribution in [1.29, 1.82) is 0 Å². The molecule has 24 heavy (non-hydrogen) atoms. The summed E-state index contributed by atoms with van der Waals surface area (Å²) in [7, 11) is 1.57. The Labute approximate surface area is 140 Å². The predicted molar refractivity (Wildman–Crippen MR) is 83.1 cm³/mol. The quantitative estimate of drug-likeness (QED) is 0.533. The molecule has 1 aromatic rings. The lowest BCUT2D eigenvalue weighted by atomic mass is 9.97. The molecule has 0 bridgehead atoms. The van der Waals surface area contributed by atoms with E-state index in [0.717, 1.165) is 5.56 Å².